The molecule has 0 spiro atoms. The smallest absolute Gasteiger partial charge is 0.0869 e. The fourth-order valence-electron chi connectivity index (χ4n) is 1.89. The first-order chi connectivity index (χ1) is 8.81. The Bertz CT molecular complexity index is 155. The molecular formula is C15H32BrNO. The normalized spacial score (nSPS) is 12.8. The molecule has 3 heteroatoms. The molecule has 0 aliphatic heterocycles. The van der Waals surface area contributed by atoms with Crippen molar-refractivity contribution in [2.45, 2.75) is 89.4 Å². The molecule has 18 heavy (non-hydrogen) atoms. The fourth-order valence-corrected chi connectivity index (χ4v) is 2.03. The van der Waals surface area contributed by atoms with Crippen LogP contribution in [-0.4, -0.2) is 11.6 Å². The highest BCUT2D eigenvalue weighted by molar-refractivity contribution is 9.09. The van der Waals surface area contributed by atoms with Crippen molar-refractivity contribution in [2.24, 2.45) is 0 Å². The van der Waals surface area contributed by atoms with Gasteiger partial charge in [-0.2, -0.15) is 5.48 Å². The van der Waals surface area contributed by atoms with Gasteiger partial charge < -0.3 is 4.84 Å². The SMILES string of the molecule is CCCCCCCCCCCCONC(Br)CC. The third kappa shape index (κ3) is 14.5. The van der Waals surface area contributed by atoms with Crippen LogP contribution in [0.5, 0.6) is 0 Å². The standard InChI is InChI=1S/C15H32BrNO/c1-3-5-6-7-8-9-10-11-12-13-14-18-17-15(16)4-2/h15,17H,3-14H2,1-2H3. The van der Waals surface area contributed by atoms with Crippen molar-refractivity contribution in [1.82, 2.24) is 5.48 Å². The minimum atomic E-state index is 0.292. The lowest BCUT2D eigenvalue weighted by atomic mass is 10.1. The zero-order valence-corrected chi connectivity index (χ0v) is 13.9. The van der Waals surface area contributed by atoms with Gasteiger partial charge in [0.15, 0.2) is 0 Å². The first-order valence-electron chi connectivity index (χ1n) is 7.82. The van der Waals surface area contributed by atoms with Gasteiger partial charge in [0.2, 0.25) is 0 Å². The second-order valence-electron chi connectivity index (χ2n) is 5.02. The predicted molar refractivity (Wildman–Crippen MR) is 83.9 cm³/mol. The maximum Gasteiger partial charge on any atom is 0.0869 e. The van der Waals surface area contributed by atoms with Gasteiger partial charge in [-0.15, -0.1) is 0 Å². The summed E-state index contributed by atoms with van der Waals surface area (Å²) in [5, 5.41) is 0. The summed E-state index contributed by atoms with van der Waals surface area (Å²) >= 11 is 3.47. The Morgan fingerprint density at radius 1 is 0.833 bits per heavy atom. The lowest BCUT2D eigenvalue weighted by Gasteiger charge is -2.09. The molecule has 110 valence electrons. The summed E-state index contributed by atoms with van der Waals surface area (Å²) in [7, 11) is 0. The maximum atomic E-state index is 5.36. The van der Waals surface area contributed by atoms with Crippen LogP contribution in [0, 0.1) is 0 Å². The molecule has 0 aromatic heterocycles. The molecule has 0 aliphatic rings. The van der Waals surface area contributed by atoms with Gasteiger partial charge in [-0.1, -0.05) is 87.6 Å². The molecule has 0 aromatic carbocycles. The number of unbranched alkanes of at least 4 members (excludes halogenated alkanes) is 9. The summed E-state index contributed by atoms with van der Waals surface area (Å²) in [4.78, 5) is 5.65. The Morgan fingerprint density at radius 3 is 1.83 bits per heavy atom. The zero-order valence-electron chi connectivity index (χ0n) is 12.3. The van der Waals surface area contributed by atoms with Crippen LogP contribution in [0.2, 0.25) is 0 Å². The molecule has 1 N–H and O–H groups in total. The van der Waals surface area contributed by atoms with E-state index in [0.29, 0.717) is 4.95 Å². The van der Waals surface area contributed by atoms with Gasteiger partial charge in [0.05, 0.1) is 11.6 Å². The second-order valence-corrected chi connectivity index (χ2v) is 6.13. The fraction of sp³-hybridized carbons (Fsp3) is 1.00. The van der Waals surface area contributed by atoms with Gasteiger partial charge in [-0.05, 0) is 12.8 Å². The van der Waals surface area contributed by atoms with E-state index in [1.165, 1.54) is 64.2 Å². The minimum absolute atomic E-state index is 0.292. The molecule has 0 saturated heterocycles. The summed E-state index contributed by atoms with van der Waals surface area (Å²) in [6.45, 7) is 5.23. The summed E-state index contributed by atoms with van der Waals surface area (Å²) < 4.78 is 0. The van der Waals surface area contributed by atoms with Crippen molar-refractivity contribution in [3.8, 4) is 0 Å². The number of nitrogens with one attached hydrogen (secondary N) is 1. The summed E-state index contributed by atoms with van der Waals surface area (Å²) in [6, 6.07) is 0. The highest BCUT2D eigenvalue weighted by Crippen LogP contribution is 2.10. The summed E-state index contributed by atoms with van der Waals surface area (Å²) in [6.07, 6.45) is 14.8. The van der Waals surface area contributed by atoms with Crippen LogP contribution in [0.1, 0.15) is 84.5 Å². The largest absolute Gasteiger partial charge is 0.301 e. The molecule has 0 amide bonds. The van der Waals surface area contributed by atoms with E-state index in [1.54, 1.807) is 0 Å². The monoisotopic (exact) mass is 321 g/mol. The Balaban J connectivity index is 2.94. The Kier molecular flexibility index (Phi) is 15.8. The lowest BCUT2D eigenvalue weighted by Crippen LogP contribution is -2.23. The van der Waals surface area contributed by atoms with Crippen LogP contribution in [-0.2, 0) is 4.84 Å². The van der Waals surface area contributed by atoms with Crippen LogP contribution < -0.4 is 5.48 Å². The predicted octanol–water partition coefficient (Wildman–Crippen LogP) is 5.56. The van der Waals surface area contributed by atoms with E-state index < -0.39 is 0 Å². The number of hydrogen-bond donors (Lipinski definition) is 1. The van der Waals surface area contributed by atoms with Gasteiger partial charge >= 0.3 is 0 Å². The summed E-state index contributed by atoms with van der Waals surface area (Å²) in [5.74, 6) is 0. The van der Waals surface area contributed by atoms with Gasteiger partial charge in [0, 0.05) is 0 Å². The highest BCUT2D eigenvalue weighted by Gasteiger charge is 1.98. The van der Waals surface area contributed by atoms with Crippen LogP contribution in [0.25, 0.3) is 0 Å². The molecule has 0 fully saturated rings. The Morgan fingerprint density at radius 2 is 1.33 bits per heavy atom. The van der Waals surface area contributed by atoms with E-state index in [4.69, 9.17) is 4.84 Å². The van der Waals surface area contributed by atoms with Gasteiger partial charge in [-0.25, -0.2) is 0 Å². The quantitative estimate of drug-likeness (QED) is 0.196. The summed E-state index contributed by atoms with van der Waals surface area (Å²) in [5.41, 5.74) is 2.98. The van der Waals surface area contributed by atoms with Crippen molar-refractivity contribution in [3.05, 3.63) is 0 Å². The number of rotatable bonds is 14. The molecule has 0 radical (unpaired) electrons. The van der Waals surface area contributed by atoms with Crippen LogP contribution in [0.15, 0.2) is 0 Å². The van der Waals surface area contributed by atoms with Crippen LogP contribution in [0.3, 0.4) is 0 Å². The average Bonchev–Trinajstić information content (AvgIpc) is 2.39. The number of hydrogen-bond acceptors (Lipinski definition) is 2. The van der Waals surface area contributed by atoms with E-state index in [9.17, 15) is 0 Å². The molecule has 0 rings (SSSR count). The van der Waals surface area contributed by atoms with Crippen LogP contribution >= 0.6 is 15.9 Å². The van der Waals surface area contributed by atoms with Crippen molar-refractivity contribution in [3.63, 3.8) is 0 Å². The molecule has 0 aliphatic carbocycles. The number of alkyl halides is 1. The molecule has 0 saturated carbocycles. The first-order valence-corrected chi connectivity index (χ1v) is 8.74. The van der Waals surface area contributed by atoms with Crippen molar-refractivity contribution in [1.29, 1.82) is 0 Å². The molecule has 0 heterocycles. The van der Waals surface area contributed by atoms with E-state index in [0.717, 1.165) is 13.0 Å². The third-order valence-corrected chi connectivity index (χ3v) is 4.00. The van der Waals surface area contributed by atoms with Gasteiger partial charge in [0.25, 0.3) is 0 Å². The van der Waals surface area contributed by atoms with E-state index in [-0.39, 0.29) is 0 Å². The number of halogens is 1. The molecule has 1 atom stereocenters. The highest BCUT2D eigenvalue weighted by atomic mass is 79.9. The first kappa shape index (κ1) is 18.4. The zero-order chi connectivity index (χ0) is 13.5. The van der Waals surface area contributed by atoms with Crippen molar-refractivity contribution >= 4 is 15.9 Å². The van der Waals surface area contributed by atoms with E-state index >= 15 is 0 Å². The molecule has 0 bridgehead atoms. The van der Waals surface area contributed by atoms with E-state index in [1.807, 2.05) is 0 Å². The maximum absolute atomic E-state index is 5.36. The minimum Gasteiger partial charge on any atom is -0.301 e. The molecular weight excluding hydrogens is 290 g/mol. The van der Waals surface area contributed by atoms with Crippen molar-refractivity contribution < 1.29 is 4.84 Å². The molecule has 0 aromatic rings. The van der Waals surface area contributed by atoms with E-state index in [2.05, 4.69) is 35.3 Å². The van der Waals surface area contributed by atoms with Crippen molar-refractivity contribution in [2.75, 3.05) is 6.61 Å². The average molecular weight is 322 g/mol. The molecule has 2 nitrogen and oxygen atoms in total. The number of hydroxylamine groups is 1. The Labute approximate surface area is 122 Å². The topological polar surface area (TPSA) is 21.3 Å². The van der Waals surface area contributed by atoms with Crippen LogP contribution in [0.4, 0.5) is 0 Å². The lowest BCUT2D eigenvalue weighted by molar-refractivity contribution is 0.0328. The Hall–Kier alpha value is 0.400. The molecule has 1 unspecified atom stereocenters. The third-order valence-electron chi connectivity index (χ3n) is 3.17. The van der Waals surface area contributed by atoms with Gasteiger partial charge in [-0.3, -0.25) is 0 Å². The second kappa shape index (κ2) is 15.5. The van der Waals surface area contributed by atoms with Gasteiger partial charge in [0.1, 0.15) is 0 Å².